The zero-order chi connectivity index (χ0) is 18.1. The Kier molecular flexibility index (Phi) is 4.80. The second-order valence-electron chi connectivity index (χ2n) is 7.74. The van der Waals surface area contributed by atoms with Crippen molar-refractivity contribution in [2.45, 2.75) is 31.7 Å². The summed E-state index contributed by atoms with van der Waals surface area (Å²) in [6.45, 7) is 4.25. The molecule has 2 atom stereocenters. The fraction of sp³-hybridized carbons (Fsp3) is 0.632. The maximum atomic E-state index is 12.5. The molecule has 2 saturated heterocycles. The average Bonchev–Trinajstić information content (AvgIpc) is 3.27. The first-order valence-electron chi connectivity index (χ1n) is 9.60. The van der Waals surface area contributed by atoms with Crippen LogP contribution in [0.5, 0.6) is 0 Å². The minimum atomic E-state index is -0.352. The molecule has 0 spiro atoms. The van der Waals surface area contributed by atoms with Gasteiger partial charge in [-0.05, 0) is 43.2 Å². The van der Waals surface area contributed by atoms with Crippen molar-refractivity contribution in [1.82, 2.24) is 20.1 Å². The van der Waals surface area contributed by atoms with Gasteiger partial charge in [0.2, 0.25) is 5.91 Å². The number of H-pyrrole nitrogens is 1. The third kappa shape index (κ3) is 3.67. The monoisotopic (exact) mass is 358 g/mol. The Labute approximate surface area is 152 Å². The van der Waals surface area contributed by atoms with Gasteiger partial charge < -0.3 is 15.2 Å². The lowest BCUT2D eigenvalue weighted by Crippen LogP contribution is -2.43. The van der Waals surface area contributed by atoms with Crippen molar-refractivity contribution >= 4 is 11.8 Å². The fourth-order valence-corrected chi connectivity index (χ4v) is 4.30. The number of likely N-dealkylation sites (tertiary alicyclic amines) is 2. The van der Waals surface area contributed by atoms with Gasteiger partial charge in [0, 0.05) is 51.4 Å². The molecule has 0 unspecified atom stereocenters. The zero-order valence-electron chi connectivity index (χ0n) is 14.9. The number of aromatic amines is 1. The Hall–Kier alpha value is -2.15. The molecule has 26 heavy (non-hydrogen) atoms. The maximum Gasteiger partial charge on any atom is 0.260 e. The molecule has 1 aromatic heterocycles. The first-order chi connectivity index (χ1) is 12.6. The smallest absolute Gasteiger partial charge is 0.260 e. The van der Waals surface area contributed by atoms with Crippen molar-refractivity contribution in [2.75, 3.05) is 32.7 Å². The summed E-state index contributed by atoms with van der Waals surface area (Å²) in [5.74, 6) is 1.08. The summed E-state index contributed by atoms with van der Waals surface area (Å²) in [7, 11) is 0. The predicted octanol–water partition coefficient (Wildman–Crippen LogP) is 0.438. The minimum absolute atomic E-state index is 0.0730. The van der Waals surface area contributed by atoms with Crippen molar-refractivity contribution in [3.63, 3.8) is 0 Å². The Bertz CT molecular complexity index is 742. The predicted molar refractivity (Wildman–Crippen MR) is 96.8 cm³/mol. The molecule has 3 aliphatic rings. The van der Waals surface area contributed by atoms with E-state index in [4.69, 9.17) is 0 Å². The van der Waals surface area contributed by atoms with Crippen LogP contribution >= 0.6 is 0 Å². The summed E-state index contributed by atoms with van der Waals surface area (Å²) in [5, 5.41) is 3.09. The summed E-state index contributed by atoms with van der Waals surface area (Å²) in [6, 6.07) is 3.30. The van der Waals surface area contributed by atoms with Crippen molar-refractivity contribution < 1.29 is 9.59 Å². The Morgan fingerprint density at radius 1 is 1.23 bits per heavy atom. The Morgan fingerprint density at radius 3 is 2.77 bits per heavy atom. The molecule has 1 aromatic rings. The topological polar surface area (TPSA) is 85.5 Å². The van der Waals surface area contributed by atoms with Crippen LogP contribution in [0.4, 0.5) is 0 Å². The van der Waals surface area contributed by atoms with Crippen molar-refractivity contribution in [1.29, 1.82) is 0 Å². The largest absolute Gasteiger partial charge is 0.348 e. The quantitative estimate of drug-likeness (QED) is 0.773. The number of aromatic nitrogens is 1. The molecule has 2 aliphatic heterocycles. The van der Waals surface area contributed by atoms with Crippen LogP contribution < -0.4 is 10.9 Å². The fourth-order valence-electron chi connectivity index (χ4n) is 4.30. The van der Waals surface area contributed by atoms with Crippen molar-refractivity contribution in [3.8, 4) is 0 Å². The summed E-state index contributed by atoms with van der Waals surface area (Å²) < 4.78 is 0. The lowest BCUT2D eigenvalue weighted by molar-refractivity contribution is -0.127. The van der Waals surface area contributed by atoms with Crippen molar-refractivity contribution in [2.24, 2.45) is 11.8 Å². The van der Waals surface area contributed by atoms with E-state index in [-0.39, 0.29) is 29.0 Å². The van der Waals surface area contributed by atoms with Crippen LogP contribution in [0, 0.1) is 11.8 Å². The highest BCUT2D eigenvalue weighted by Crippen LogP contribution is 2.41. The number of amides is 2. The highest BCUT2D eigenvalue weighted by Gasteiger charge is 2.43. The lowest BCUT2D eigenvalue weighted by Gasteiger charge is -2.21. The molecule has 2 amide bonds. The summed E-state index contributed by atoms with van der Waals surface area (Å²) >= 11 is 0. The van der Waals surface area contributed by atoms with E-state index in [1.807, 2.05) is 4.90 Å². The Balaban J connectivity index is 1.37. The molecule has 7 nitrogen and oxygen atoms in total. The third-order valence-corrected chi connectivity index (χ3v) is 5.91. The van der Waals surface area contributed by atoms with E-state index in [1.54, 1.807) is 12.1 Å². The van der Waals surface area contributed by atoms with Crippen LogP contribution in [0.15, 0.2) is 23.1 Å². The van der Waals surface area contributed by atoms with Crippen LogP contribution in [-0.2, 0) is 4.79 Å². The third-order valence-electron chi connectivity index (χ3n) is 5.91. The molecular formula is C19H26N4O3. The number of hydrogen-bond acceptors (Lipinski definition) is 4. The number of rotatable bonds is 6. The number of nitrogens with one attached hydrogen (secondary N) is 2. The first-order valence-corrected chi connectivity index (χ1v) is 9.60. The summed E-state index contributed by atoms with van der Waals surface area (Å²) in [6.07, 6.45) is 5.62. The van der Waals surface area contributed by atoms with Gasteiger partial charge in [-0.25, -0.2) is 0 Å². The van der Waals surface area contributed by atoms with E-state index in [2.05, 4.69) is 15.2 Å². The van der Waals surface area contributed by atoms with Gasteiger partial charge in [0.1, 0.15) is 5.56 Å². The van der Waals surface area contributed by atoms with E-state index >= 15 is 0 Å². The highest BCUT2D eigenvalue weighted by molar-refractivity contribution is 5.94. The number of nitrogens with zero attached hydrogens (tertiary/aromatic N) is 2. The molecule has 1 saturated carbocycles. The average molecular weight is 358 g/mol. The van der Waals surface area contributed by atoms with E-state index in [0.717, 1.165) is 39.1 Å². The summed E-state index contributed by atoms with van der Waals surface area (Å²) in [5.41, 5.74) is -0.182. The van der Waals surface area contributed by atoms with Gasteiger partial charge in [0.15, 0.2) is 0 Å². The number of carbonyl (C=O) groups excluding carboxylic acids is 2. The normalized spacial score (nSPS) is 26.5. The van der Waals surface area contributed by atoms with E-state index in [0.29, 0.717) is 18.3 Å². The molecule has 3 heterocycles. The second kappa shape index (κ2) is 7.23. The van der Waals surface area contributed by atoms with Gasteiger partial charge in [-0.15, -0.1) is 0 Å². The molecule has 7 heteroatoms. The van der Waals surface area contributed by atoms with Crippen LogP contribution in [0.1, 0.15) is 36.0 Å². The van der Waals surface area contributed by atoms with Gasteiger partial charge in [-0.3, -0.25) is 19.3 Å². The molecule has 0 bridgehead atoms. The molecule has 0 radical (unpaired) electrons. The van der Waals surface area contributed by atoms with Gasteiger partial charge in [0.25, 0.3) is 11.5 Å². The van der Waals surface area contributed by atoms with Gasteiger partial charge >= 0.3 is 0 Å². The molecule has 140 valence electrons. The van der Waals surface area contributed by atoms with E-state index in [1.165, 1.54) is 19.0 Å². The molecule has 4 rings (SSSR count). The highest BCUT2D eigenvalue weighted by atomic mass is 16.2. The zero-order valence-corrected chi connectivity index (χ0v) is 14.9. The second-order valence-corrected chi connectivity index (χ2v) is 7.74. The summed E-state index contributed by atoms with van der Waals surface area (Å²) in [4.78, 5) is 43.0. The van der Waals surface area contributed by atoms with Gasteiger partial charge in [-0.1, -0.05) is 0 Å². The number of pyridine rings is 1. The van der Waals surface area contributed by atoms with Gasteiger partial charge in [-0.2, -0.15) is 0 Å². The number of carbonyl (C=O) groups is 2. The molecule has 2 N–H and O–H groups in total. The van der Waals surface area contributed by atoms with Crippen LogP contribution in [0.3, 0.4) is 0 Å². The molecule has 0 aromatic carbocycles. The standard InChI is InChI=1S/C19H26N4O3/c24-17-4-2-8-23(17)10-9-22-11-15(13-5-6-13)16(12-22)21-19(26)14-3-1-7-20-18(14)25/h1,3,7,13,15-16H,2,4-6,8-12H2,(H,20,25)(H,21,26)/t15-,16+/m1/s1. The molecule has 1 aliphatic carbocycles. The van der Waals surface area contributed by atoms with Crippen LogP contribution in [0.25, 0.3) is 0 Å². The maximum absolute atomic E-state index is 12.5. The van der Waals surface area contributed by atoms with Gasteiger partial charge in [0.05, 0.1) is 0 Å². The van der Waals surface area contributed by atoms with Crippen molar-refractivity contribution in [3.05, 3.63) is 34.2 Å². The Morgan fingerprint density at radius 2 is 2.08 bits per heavy atom. The van der Waals surface area contributed by atoms with E-state index in [9.17, 15) is 14.4 Å². The van der Waals surface area contributed by atoms with Crippen LogP contribution in [-0.4, -0.2) is 65.4 Å². The minimum Gasteiger partial charge on any atom is -0.348 e. The molecule has 3 fully saturated rings. The first kappa shape index (κ1) is 17.3. The van der Waals surface area contributed by atoms with E-state index < -0.39 is 0 Å². The SMILES string of the molecule is O=C(N[C@H]1CN(CCN2CCCC2=O)C[C@@H]1C1CC1)c1ccc[nH]c1=O. The van der Waals surface area contributed by atoms with Crippen LogP contribution in [0.2, 0.25) is 0 Å². The molecular weight excluding hydrogens is 332 g/mol. The lowest BCUT2D eigenvalue weighted by atomic mass is 9.98. The number of hydrogen-bond donors (Lipinski definition) is 2.